The number of aromatic nitrogens is 1. The summed E-state index contributed by atoms with van der Waals surface area (Å²) in [6.07, 6.45) is -5.18. The van der Waals surface area contributed by atoms with Crippen LogP contribution in [-0.4, -0.2) is 24.2 Å². The molecule has 3 aromatic rings. The van der Waals surface area contributed by atoms with Crippen LogP contribution in [0.25, 0.3) is 11.1 Å². The fourth-order valence-corrected chi connectivity index (χ4v) is 3.56. The van der Waals surface area contributed by atoms with E-state index in [0.29, 0.717) is 0 Å². The van der Waals surface area contributed by atoms with Gasteiger partial charge in [0.2, 0.25) is 0 Å². The van der Waals surface area contributed by atoms with Crippen molar-refractivity contribution in [2.75, 3.05) is 13.2 Å². The minimum absolute atomic E-state index is 0.0239. The van der Waals surface area contributed by atoms with Crippen molar-refractivity contribution in [3.8, 4) is 23.0 Å². The number of rotatable bonds is 3. The van der Waals surface area contributed by atoms with E-state index in [1.807, 2.05) is 48.5 Å². The fraction of sp³-hybridized carbons (Fsp3) is 0.167. The molecule has 0 saturated carbocycles. The molecule has 1 aliphatic rings. The number of nitrogens with zero attached hydrogens (tertiary/aromatic N) is 1. The molecule has 1 heterocycles. The lowest BCUT2D eigenvalue weighted by Gasteiger charge is -2.14. The lowest BCUT2D eigenvalue weighted by atomic mass is 9.98. The van der Waals surface area contributed by atoms with E-state index in [1.54, 1.807) is 0 Å². The first-order valence-corrected chi connectivity index (χ1v) is 9.55. The van der Waals surface area contributed by atoms with Crippen LogP contribution in [0.5, 0.6) is 0 Å². The maximum atomic E-state index is 12.7. The monoisotopic (exact) mass is 422 g/mol. The number of halogens is 3. The number of carbonyl (C=O) groups is 1. The molecule has 0 unspecified atom stereocenters. The molecule has 156 valence electrons. The number of benzene rings is 2. The minimum atomic E-state index is -4.53. The van der Waals surface area contributed by atoms with Crippen molar-refractivity contribution in [2.45, 2.75) is 12.1 Å². The zero-order valence-corrected chi connectivity index (χ0v) is 16.2. The van der Waals surface area contributed by atoms with Crippen LogP contribution in [-0.2, 0) is 10.9 Å². The van der Waals surface area contributed by atoms with Crippen LogP contribution < -0.4 is 5.32 Å². The molecule has 31 heavy (non-hydrogen) atoms. The van der Waals surface area contributed by atoms with E-state index in [0.717, 1.165) is 28.3 Å². The fourth-order valence-electron chi connectivity index (χ4n) is 3.56. The number of alkyl halides is 3. The summed E-state index contributed by atoms with van der Waals surface area (Å²) >= 11 is 0. The highest BCUT2D eigenvalue weighted by Crippen LogP contribution is 2.44. The minimum Gasteiger partial charge on any atom is -0.449 e. The second kappa shape index (κ2) is 8.52. The molecule has 0 aliphatic heterocycles. The van der Waals surface area contributed by atoms with Gasteiger partial charge in [-0.3, -0.25) is 0 Å². The van der Waals surface area contributed by atoms with Crippen molar-refractivity contribution < 1.29 is 22.7 Å². The molecular formula is C24H17F3N2O2. The van der Waals surface area contributed by atoms with E-state index in [2.05, 4.69) is 22.1 Å². The van der Waals surface area contributed by atoms with E-state index in [1.165, 1.54) is 12.1 Å². The van der Waals surface area contributed by atoms with Gasteiger partial charge in [-0.05, 0) is 40.3 Å². The molecule has 4 rings (SSSR count). The molecule has 0 fully saturated rings. The van der Waals surface area contributed by atoms with Crippen LogP contribution in [0.15, 0.2) is 66.7 Å². The van der Waals surface area contributed by atoms with Gasteiger partial charge < -0.3 is 10.1 Å². The van der Waals surface area contributed by atoms with Gasteiger partial charge in [-0.15, -0.1) is 0 Å². The molecule has 7 heteroatoms. The Labute approximate surface area is 177 Å². The second-order valence-electron chi connectivity index (χ2n) is 6.89. The van der Waals surface area contributed by atoms with Gasteiger partial charge in [0.05, 0.1) is 6.54 Å². The quantitative estimate of drug-likeness (QED) is 0.605. The van der Waals surface area contributed by atoms with Gasteiger partial charge in [-0.2, -0.15) is 13.2 Å². The molecular weight excluding hydrogens is 405 g/mol. The predicted octanol–water partition coefficient (Wildman–Crippen LogP) is 4.99. The average Bonchev–Trinajstić information content (AvgIpc) is 3.09. The number of hydrogen-bond donors (Lipinski definition) is 1. The van der Waals surface area contributed by atoms with Crippen molar-refractivity contribution in [1.82, 2.24) is 10.3 Å². The van der Waals surface area contributed by atoms with Gasteiger partial charge in [-0.1, -0.05) is 60.5 Å². The number of fused-ring (bicyclic) bond motifs is 3. The third kappa shape index (κ3) is 4.53. The first-order valence-electron chi connectivity index (χ1n) is 9.55. The maximum absolute atomic E-state index is 12.7. The van der Waals surface area contributed by atoms with E-state index in [9.17, 15) is 18.0 Å². The number of alkyl carbamates (subject to hydrolysis) is 1. The second-order valence-corrected chi connectivity index (χ2v) is 6.89. The first-order chi connectivity index (χ1) is 14.9. The van der Waals surface area contributed by atoms with Gasteiger partial charge in [0.25, 0.3) is 0 Å². The third-order valence-corrected chi connectivity index (χ3v) is 4.92. The Bertz CT molecular complexity index is 1130. The molecule has 0 atom stereocenters. The Morgan fingerprint density at radius 1 is 0.968 bits per heavy atom. The van der Waals surface area contributed by atoms with E-state index in [4.69, 9.17) is 4.74 Å². The SMILES string of the molecule is O=C(NCC#Cc1cccc(C(F)(F)F)n1)OCC1c2ccccc2-c2ccccc21. The Kier molecular flexibility index (Phi) is 5.63. The van der Waals surface area contributed by atoms with Crippen molar-refractivity contribution in [1.29, 1.82) is 0 Å². The van der Waals surface area contributed by atoms with E-state index in [-0.39, 0.29) is 24.8 Å². The van der Waals surface area contributed by atoms with Crippen molar-refractivity contribution >= 4 is 6.09 Å². The summed E-state index contributed by atoms with van der Waals surface area (Å²) in [4.78, 5) is 15.5. The summed E-state index contributed by atoms with van der Waals surface area (Å²) in [5, 5.41) is 2.48. The van der Waals surface area contributed by atoms with Crippen LogP contribution >= 0.6 is 0 Å². The highest BCUT2D eigenvalue weighted by atomic mass is 19.4. The lowest BCUT2D eigenvalue weighted by Crippen LogP contribution is -2.26. The summed E-state index contributed by atoms with van der Waals surface area (Å²) < 4.78 is 43.4. The molecule has 0 bridgehead atoms. The Hall–Kier alpha value is -3.79. The standard InChI is InChI=1S/C24H17F3N2O2/c25-24(26,27)22-13-5-7-16(29-22)8-6-14-28-23(30)31-15-21-19-11-3-1-9-17(19)18-10-2-4-12-20(18)21/h1-5,7,9-13,21H,14-15H2,(H,28,30). The topological polar surface area (TPSA) is 51.2 Å². The molecule has 1 amide bonds. The average molecular weight is 422 g/mol. The van der Waals surface area contributed by atoms with Gasteiger partial charge in [0, 0.05) is 5.92 Å². The van der Waals surface area contributed by atoms with Gasteiger partial charge in [-0.25, -0.2) is 9.78 Å². The number of amides is 1. The zero-order chi connectivity index (χ0) is 21.8. The molecule has 1 aliphatic carbocycles. The van der Waals surface area contributed by atoms with Gasteiger partial charge in [0.1, 0.15) is 18.0 Å². The molecule has 1 aromatic heterocycles. The normalized spacial score (nSPS) is 12.4. The lowest BCUT2D eigenvalue weighted by molar-refractivity contribution is -0.141. The number of pyridine rings is 1. The van der Waals surface area contributed by atoms with Crippen molar-refractivity contribution in [3.05, 3.63) is 89.2 Å². The number of carbonyl (C=O) groups excluding carboxylic acids is 1. The molecule has 0 radical (unpaired) electrons. The zero-order valence-electron chi connectivity index (χ0n) is 16.2. The van der Waals surface area contributed by atoms with Crippen LogP contribution in [0.1, 0.15) is 28.4 Å². The maximum Gasteiger partial charge on any atom is 0.433 e. The predicted molar refractivity (Wildman–Crippen MR) is 109 cm³/mol. The largest absolute Gasteiger partial charge is 0.449 e. The van der Waals surface area contributed by atoms with Gasteiger partial charge in [0.15, 0.2) is 0 Å². The number of hydrogen-bond acceptors (Lipinski definition) is 3. The van der Waals surface area contributed by atoms with E-state index < -0.39 is 18.0 Å². The molecule has 0 spiro atoms. The Balaban J connectivity index is 1.34. The van der Waals surface area contributed by atoms with Crippen LogP contribution in [0.3, 0.4) is 0 Å². The molecule has 4 nitrogen and oxygen atoms in total. The Morgan fingerprint density at radius 2 is 1.61 bits per heavy atom. The highest BCUT2D eigenvalue weighted by molar-refractivity contribution is 5.79. The summed E-state index contributed by atoms with van der Waals surface area (Å²) in [5.74, 6) is 5.03. The van der Waals surface area contributed by atoms with Crippen LogP contribution in [0.4, 0.5) is 18.0 Å². The summed E-state index contributed by atoms with van der Waals surface area (Å²) in [7, 11) is 0. The number of ether oxygens (including phenoxy) is 1. The highest BCUT2D eigenvalue weighted by Gasteiger charge is 2.32. The summed E-state index contributed by atoms with van der Waals surface area (Å²) in [6.45, 7) is 0.0943. The van der Waals surface area contributed by atoms with Crippen LogP contribution in [0.2, 0.25) is 0 Å². The summed E-state index contributed by atoms with van der Waals surface area (Å²) in [5.41, 5.74) is 3.44. The van der Waals surface area contributed by atoms with Crippen molar-refractivity contribution in [3.63, 3.8) is 0 Å². The van der Waals surface area contributed by atoms with E-state index >= 15 is 0 Å². The van der Waals surface area contributed by atoms with Crippen LogP contribution in [0, 0.1) is 11.8 Å². The first kappa shape index (κ1) is 20.5. The van der Waals surface area contributed by atoms with Gasteiger partial charge >= 0.3 is 12.3 Å². The molecule has 1 N–H and O–H groups in total. The summed E-state index contributed by atoms with van der Waals surface area (Å²) in [6, 6.07) is 19.5. The third-order valence-electron chi connectivity index (χ3n) is 4.92. The molecule has 2 aromatic carbocycles. The molecule has 0 saturated heterocycles. The van der Waals surface area contributed by atoms with Crippen molar-refractivity contribution in [2.24, 2.45) is 0 Å². The number of nitrogens with one attached hydrogen (secondary N) is 1. The Morgan fingerprint density at radius 3 is 2.26 bits per heavy atom. The smallest absolute Gasteiger partial charge is 0.433 e.